The Morgan fingerprint density at radius 1 is 1.15 bits per heavy atom. The molecule has 0 spiro atoms. The van der Waals surface area contributed by atoms with E-state index in [2.05, 4.69) is 0 Å². The lowest BCUT2D eigenvalue weighted by Crippen LogP contribution is -2.13. The molecule has 0 aliphatic heterocycles. The number of primary amides is 1. The molecule has 0 aliphatic rings. The normalized spacial score (nSPS) is 10.1. The van der Waals surface area contributed by atoms with Crippen LogP contribution in [0.15, 0.2) is 42.5 Å². The number of nitrogens with two attached hydrogens (primary N) is 2. The highest BCUT2D eigenvalue weighted by Gasteiger charge is 2.10. The zero-order valence-electron chi connectivity index (χ0n) is 11.1. The molecule has 2 aromatic rings. The number of amides is 1. The maximum atomic E-state index is 11.3. The average molecular weight is 272 g/mol. The summed E-state index contributed by atoms with van der Waals surface area (Å²) in [5, 5.41) is 0. The lowest BCUT2D eigenvalue weighted by atomic mass is 10.1. The predicted molar refractivity (Wildman–Crippen MR) is 76.7 cm³/mol. The van der Waals surface area contributed by atoms with E-state index in [0.29, 0.717) is 22.7 Å². The van der Waals surface area contributed by atoms with E-state index in [1.165, 1.54) is 0 Å². The highest BCUT2D eigenvalue weighted by molar-refractivity contribution is 5.95. The third-order valence-electron chi connectivity index (χ3n) is 2.85. The zero-order chi connectivity index (χ0) is 14.5. The number of carbonyl (C=O) groups is 1. The van der Waals surface area contributed by atoms with E-state index >= 15 is 0 Å². The Balaban J connectivity index is 2.19. The van der Waals surface area contributed by atoms with Crippen LogP contribution < -0.4 is 20.9 Å². The van der Waals surface area contributed by atoms with Gasteiger partial charge in [-0.1, -0.05) is 12.1 Å². The van der Waals surface area contributed by atoms with Crippen molar-refractivity contribution < 1.29 is 14.3 Å². The number of nitrogen functional groups attached to an aromatic ring is 1. The van der Waals surface area contributed by atoms with Crippen molar-refractivity contribution in [2.24, 2.45) is 5.73 Å². The van der Waals surface area contributed by atoms with Gasteiger partial charge in [-0.05, 0) is 24.3 Å². The number of para-hydroxylation sites is 1. The molecule has 0 aliphatic carbocycles. The summed E-state index contributed by atoms with van der Waals surface area (Å²) >= 11 is 0. The Hall–Kier alpha value is -2.69. The number of rotatable bonds is 5. The van der Waals surface area contributed by atoms with Crippen LogP contribution in [0.1, 0.15) is 15.9 Å². The summed E-state index contributed by atoms with van der Waals surface area (Å²) in [6.45, 7) is 0.258. The largest absolute Gasteiger partial charge is 0.496 e. The molecule has 104 valence electrons. The van der Waals surface area contributed by atoms with E-state index in [4.69, 9.17) is 20.9 Å². The minimum absolute atomic E-state index is 0.258. The Bertz CT molecular complexity index is 626. The molecule has 1 amide bonds. The van der Waals surface area contributed by atoms with Crippen LogP contribution in [-0.2, 0) is 6.61 Å². The first-order valence-electron chi connectivity index (χ1n) is 6.06. The number of carbonyl (C=O) groups excluding carboxylic acids is 1. The van der Waals surface area contributed by atoms with Gasteiger partial charge in [-0.15, -0.1) is 0 Å². The van der Waals surface area contributed by atoms with Gasteiger partial charge in [0.2, 0.25) is 0 Å². The van der Waals surface area contributed by atoms with E-state index in [9.17, 15) is 4.79 Å². The molecule has 5 heteroatoms. The quantitative estimate of drug-likeness (QED) is 0.814. The third kappa shape index (κ3) is 3.00. The van der Waals surface area contributed by atoms with Gasteiger partial charge in [0.25, 0.3) is 5.91 Å². The van der Waals surface area contributed by atoms with Crippen molar-refractivity contribution in [3.63, 3.8) is 0 Å². The fourth-order valence-electron chi connectivity index (χ4n) is 1.83. The number of hydrogen-bond acceptors (Lipinski definition) is 4. The molecule has 0 saturated carbocycles. The molecule has 20 heavy (non-hydrogen) atoms. The lowest BCUT2D eigenvalue weighted by molar-refractivity contribution is 0.0996. The Morgan fingerprint density at radius 3 is 2.60 bits per heavy atom. The maximum Gasteiger partial charge on any atom is 0.252 e. The lowest BCUT2D eigenvalue weighted by Gasteiger charge is -2.12. The van der Waals surface area contributed by atoms with Crippen molar-refractivity contribution in [3.8, 4) is 11.5 Å². The summed E-state index contributed by atoms with van der Waals surface area (Å²) in [4.78, 5) is 11.3. The van der Waals surface area contributed by atoms with Crippen LogP contribution in [0.2, 0.25) is 0 Å². The molecule has 0 unspecified atom stereocenters. The maximum absolute atomic E-state index is 11.3. The molecule has 5 nitrogen and oxygen atoms in total. The fourth-order valence-corrected chi connectivity index (χ4v) is 1.83. The van der Waals surface area contributed by atoms with Gasteiger partial charge in [-0.25, -0.2) is 0 Å². The average Bonchev–Trinajstić information content (AvgIpc) is 2.46. The molecule has 4 N–H and O–H groups in total. The van der Waals surface area contributed by atoms with Gasteiger partial charge < -0.3 is 20.9 Å². The van der Waals surface area contributed by atoms with Crippen LogP contribution in [-0.4, -0.2) is 13.0 Å². The van der Waals surface area contributed by atoms with Crippen molar-refractivity contribution >= 4 is 11.6 Å². The van der Waals surface area contributed by atoms with E-state index in [0.717, 1.165) is 5.56 Å². The molecule has 0 atom stereocenters. The first-order chi connectivity index (χ1) is 9.61. The summed E-state index contributed by atoms with van der Waals surface area (Å²) in [6.07, 6.45) is 0. The number of anilines is 1. The molecular formula is C15H16N2O3. The van der Waals surface area contributed by atoms with Gasteiger partial charge in [-0.3, -0.25) is 4.79 Å². The minimum atomic E-state index is -0.523. The summed E-state index contributed by atoms with van der Waals surface area (Å²) < 4.78 is 10.9. The minimum Gasteiger partial charge on any atom is -0.496 e. The summed E-state index contributed by atoms with van der Waals surface area (Å²) in [6, 6.07) is 12.1. The highest BCUT2D eigenvalue weighted by Crippen LogP contribution is 2.24. The molecule has 0 aromatic heterocycles. The van der Waals surface area contributed by atoms with Gasteiger partial charge in [0.1, 0.15) is 18.1 Å². The number of methoxy groups -OCH3 is 1. The van der Waals surface area contributed by atoms with Crippen LogP contribution in [0.4, 0.5) is 5.69 Å². The van der Waals surface area contributed by atoms with Crippen LogP contribution in [0.25, 0.3) is 0 Å². The second-order valence-electron chi connectivity index (χ2n) is 4.22. The van der Waals surface area contributed by atoms with Crippen molar-refractivity contribution in [1.82, 2.24) is 0 Å². The molecule has 2 rings (SSSR count). The summed E-state index contributed by atoms with van der Waals surface area (Å²) in [5.74, 6) is 0.560. The highest BCUT2D eigenvalue weighted by atomic mass is 16.5. The second kappa shape index (κ2) is 5.97. The van der Waals surface area contributed by atoms with E-state index in [1.54, 1.807) is 43.5 Å². The van der Waals surface area contributed by atoms with Crippen LogP contribution in [0.3, 0.4) is 0 Å². The van der Waals surface area contributed by atoms with Crippen LogP contribution in [0, 0.1) is 0 Å². The zero-order valence-corrected chi connectivity index (χ0v) is 11.1. The van der Waals surface area contributed by atoms with Crippen molar-refractivity contribution in [2.45, 2.75) is 6.61 Å². The van der Waals surface area contributed by atoms with Crippen LogP contribution >= 0.6 is 0 Å². The SMILES string of the molecule is COc1cc(N)ccc1COc1ccccc1C(N)=O. The molecular weight excluding hydrogens is 256 g/mol. The molecule has 0 bridgehead atoms. The van der Waals surface area contributed by atoms with Crippen LogP contribution in [0.5, 0.6) is 11.5 Å². The smallest absolute Gasteiger partial charge is 0.252 e. The Kier molecular flexibility index (Phi) is 4.10. The van der Waals surface area contributed by atoms with E-state index in [1.807, 2.05) is 6.07 Å². The van der Waals surface area contributed by atoms with Gasteiger partial charge in [0, 0.05) is 17.3 Å². The molecule has 0 fully saturated rings. The van der Waals surface area contributed by atoms with Crippen molar-refractivity contribution in [1.29, 1.82) is 0 Å². The molecule has 2 aromatic carbocycles. The van der Waals surface area contributed by atoms with Gasteiger partial charge in [0.15, 0.2) is 0 Å². The fraction of sp³-hybridized carbons (Fsp3) is 0.133. The van der Waals surface area contributed by atoms with Gasteiger partial charge in [0.05, 0.1) is 12.7 Å². The summed E-state index contributed by atoms with van der Waals surface area (Å²) in [7, 11) is 1.57. The summed E-state index contributed by atoms with van der Waals surface area (Å²) in [5.41, 5.74) is 12.8. The van der Waals surface area contributed by atoms with Crippen molar-refractivity contribution in [2.75, 3.05) is 12.8 Å². The standard InChI is InChI=1S/C15H16N2O3/c1-19-14-8-11(16)7-6-10(14)9-20-13-5-3-2-4-12(13)15(17)18/h2-8H,9,16H2,1H3,(H2,17,18). The molecule has 0 heterocycles. The second-order valence-corrected chi connectivity index (χ2v) is 4.22. The molecule has 0 radical (unpaired) electrons. The monoisotopic (exact) mass is 272 g/mol. The predicted octanol–water partition coefficient (Wildman–Crippen LogP) is 1.96. The number of benzene rings is 2. The first kappa shape index (κ1) is 13.7. The topological polar surface area (TPSA) is 87.6 Å². The molecule has 0 saturated heterocycles. The third-order valence-corrected chi connectivity index (χ3v) is 2.85. The van der Waals surface area contributed by atoms with Crippen molar-refractivity contribution in [3.05, 3.63) is 53.6 Å². The van der Waals surface area contributed by atoms with Gasteiger partial charge in [-0.2, -0.15) is 0 Å². The number of hydrogen-bond donors (Lipinski definition) is 2. The number of ether oxygens (including phenoxy) is 2. The van der Waals surface area contributed by atoms with E-state index in [-0.39, 0.29) is 6.61 Å². The Labute approximate surface area is 117 Å². The van der Waals surface area contributed by atoms with E-state index < -0.39 is 5.91 Å². The first-order valence-corrected chi connectivity index (χ1v) is 6.06. The van der Waals surface area contributed by atoms with Gasteiger partial charge >= 0.3 is 0 Å². The Morgan fingerprint density at radius 2 is 1.90 bits per heavy atom.